The summed E-state index contributed by atoms with van der Waals surface area (Å²) in [5.41, 5.74) is 0.936. The molecule has 0 atom stereocenters. The molecule has 0 aliphatic rings. The molecule has 0 amide bonds. The van der Waals surface area contributed by atoms with Crippen molar-refractivity contribution in [1.29, 1.82) is 0 Å². The van der Waals surface area contributed by atoms with Crippen molar-refractivity contribution in [3.8, 4) is 0 Å². The van der Waals surface area contributed by atoms with Crippen LogP contribution >= 0.6 is 0 Å². The predicted molar refractivity (Wildman–Crippen MR) is 69.3 cm³/mol. The van der Waals surface area contributed by atoms with Crippen LogP contribution in [0.25, 0.3) is 10.9 Å². The van der Waals surface area contributed by atoms with Crippen LogP contribution in [0.15, 0.2) is 53.7 Å². The predicted octanol–water partition coefficient (Wildman–Crippen LogP) is 1.98. The van der Waals surface area contributed by atoms with Crippen LogP contribution in [0.5, 0.6) is 0 Å². The SMILES string of the molecule is O=c1c2ccc(F)cc2ncn1Cc1ccccn1. The molecule has 0 aliphatic carbocycles. The average Bonchev–Trinajstić information content (AvgIpc) is 2.43. The molecule has 1 aromatic carbocycles. The minimum atomic E-state index is -0.401. The Bertz CT molecular complexity index is 784. The summed E-state index contributed by atoms with van der Waals surface area (Å²) in [7, 11) is 0. The van der Waals surface area contributed by atoms with E-state index in [2.05, 4.69) is 9.97 Å². The molecule has 0 fully saturated rings. The van der Waals surface area contributed by atoms with Gasteiger partial charge in [0.2, 0.25) is 0 Å². The molecule has 5 heteroatoms. The zero-order valence-electron chi connectivity index (χ0n) is 9.95. The van der Waals surface area contributed by atoms with Crippen LogP contribution < -0.4 is 5.56 Å². The topological polar surface area (TPSA) is 47.8 Å². The fraction of sp³-hybridized carbons (Fsp3) is 0.0714. The molecule has 0 radical (unpaired) electrons. The molecule has 0 saturated carbocycles. The quantitative estimate of drug-likeness (QED) is 0.703. The maximum absolute atomic E-state index is 13.1. The van der Waals surface area contributed by atoms with Gasteiger partial charge in [0, 0.05) is 12.3 Å². The van der Waals surface area contributed by atoms with E-state index in [9.17, 15) is 9.18 Å². The van der Waals surface area contributed by atoms with Gasteiger partial charge < -0.3 is 0 Å². The van der Waals surface area contributed by atoms with Crippen molar-refractivity contribution in [1.82, 2.24) is 14.5 Å². The summed E-state index contributed by atoms with van der Waals surface area (Å²) in [6.45, 7) is 0.347. The summed E-state index contributed by atoms with van der Waals surface area (Å²) in [6, 6.07) is 9.47. The molecule has 0 N–H and O–H groups in total. The van der Waals surface area contributed by atoms with Gasteiger partial charge in [-0.2, -0.15) is 0 Å². The molecule has 4 nitrogen and oxygen atoms in total. The molecule has 0 spiro atoms. The second-order valence-electron chi connectivity index (χ2n) is 4.16. The first-order valence-corrected chi connectivity index (χ1v) is 5.79. The van der Waals surface area contributed by atoms with Gasteiger partial charge in [0.15, 0.2) is 0 Å². The highest BCUT2D eigenvalue weighted by atomic mass is 19.1. The van der Waals surface area contributed by atoms with Gasteiger partial charge in [-0.3, -0.25) is 14.3 Å². The average molecular weight is 255 g/mol. The van der Waals surface area contributed by atoms with Crippen molar-refractivity contribution in [2.75, 3.05) is 0 Å². The molecule has 0 unspecified atom stereocenters. The molecule has 94 valence electrons. The molecule has 19 heavy (non-hydrogen) atoms. The number of rotatable bonds is 2. The summed E-state index contributed by atoms with van der Waals surface area (Å²) in [5, 5.41) is 0.403. The maximum Gasteiger partial charge on any atom is 0.261 e. The molecule has 3 aromatic rings. The maximum atomic E-state index is 13.1. The summed E-state index contributed by atoms with van der Waals surface area (Å²) in [6.07, 6.45) is 3.09. The summed E-state index contributed by atoms with van der Waals surface area (Å²) in [4.78, 5) is 20.5. The normalized spacial score (nSPS) is 10.8. The van der Waals surface area contributed by atoms with Crippen LogP contribution in [0, 0.1) is 5.82 Å². The Kier molecular flexibility index (Phi) is 2.79. The van der Waals surface area contributed by atoms with Crippen LogP contribution in [0.3, 0.4) is 0 Å². The third-order valence-electron chi connectivity index (χ3n) is 2.85. The second kappa shape index (κ2) is 4.61. The number of fused-ring (bicyclic) bond motifs is 1. The largest absolute Gasteiger partial charge is 0.293 e. The fourth-order valence-electron chi connectivity index (χ4n) is 1.91. The highest BCUT2D eigenvalue weighted by Gasteiger charge is 2.05. The van der Waals surface area contributed by atoms with Gasteiger partial charge in [0.25, 0.3) is 5.56 Å². The Balaban J connectivity index is 2.08. The Hall–Kier alpha value is -2.56. The van der Waals surface area contributed by atoms with E-state index < -0.39 is 5.82 Å². The van der Waals surface area contributed by atoms with Gasteiger partial charge in [-0.25, -0.2) is 9.37 Å². The number of pyridine rings is 1. The Morgan fingerprint density at radius 2 is 2.05 bits per heavy atom. The van der Waals surface area contributed by atoms with E-state index in [0.717, 1.165) is 5.69 Å². The van der Waals surface area contributed by atoms with Crippen LogP contribution in [-0.4, -0.2) is 14.5 Å². The van der Waals surface area contributed by atoms with Gasteiger partial charge in [-0.05, 0) is 24.3 Å². The Labute approximate surface area is 108 Å². The van der Waals surface area contributed by atoms with Crippen molar-refractivity contribution in [3.63, 3.8) is 0 Å². The Morgan fingerprint density at radius 3 is 2.84 bits per heavy atom. The zero-order valence-corrected chi connectivity index (χ0v) is 9.95. The lowest BCUT2D eigenvalue weighted by Gasteiger charge is -2.05. The van der Waals surface area contributed by atoms with E-state index in [1.165, 1.54) is 29.1 Å². The van der Waals surface area contributed by atoms with Crippen molar-refractivity contribution >= 4 is 10.9 Å². The summed E-state index contributed by atoms with van der Waals surface area (Å²) >= 11 is 0. The second-order valence-corrected chi connectivity index (χ2v) is 4.16. The number of halogens is 1. The Morgan fingerprint density at radius 1 is 1.16 bits per heavy atom. The number of hydrogen-bond acceptors (Lipinski definition) is 3. The lowest BCUT2D eigenvalue weighted by atomic mass is 10.2. The lowest BCUT2D eigenvalue weighted by molar-refractivity contribution is 0.629. The molecular formula is C14H10FN3O. The number of benzene rings is 1. The van der Waals surface area contributed by atoms with Gasteiger partial charge in [-0.1, -0.05) is 6.07 Å². The zero-order chi connectivity index (χ0) is 13.2. The van der Waals surface area contributed by atoms with Gasteiger partial charge in [0.1, 0.15) is 5.82 Å². The first kappa shape index (κ1) is 11.5. The first-order chi connectivity index (χ1) is 9.24. The van der Waals surface area contributed by atoms with E-state index in [4.69, 9.17) is 0 Å². The molecule has 2 heterocycles. The van der Waals surface area contributed by atoms with E-state index >= 15 is 0 Å². The van der Waals surface area contributed by atoms with Crippen LogP contribution in [0.4, 0.5) is 4.39 Å². The highest BCUT2D eigenvalue weighted by Crippen LogP contribution is 2.08. The molecular weight excluding hydrogens is 245 g/mol. The third kappa shape index (κ3) is 2.22. The summed E-state index contributed by atoms with van der Waals surface area (Å²) in [5.74, 6) is -0.401. The van der Waals surface area contributed by atoms with E-state index in [1.807, 2.05) is 18.2 Å². The minimum absolute atomic E-state index is 0.198. The van der Waals surface area contributed by atoms with E-state index in [-0.39, 0.29) is 5.56 Å². The van der Waals surface area contributed by atoms with E-state index in [1.54, 1.807) is 6.20 Å². The summed E-state index contributed by atoms with van der Waals surface area (Å²) < 4.78 is 14.5. The van der Waals surface area contributed by atoms with Crippen LogP contribution in [0.1, 0.15) is 5.69 Å². The lowest BCUT2D eigenvalue weighted by Crippen LogP contribution is -2.21. The van der Waals surface area contributed by atoms with Gasteiger partial charge >= 0.3 is 0 Å². The van der Waals surface area contributed by atoms with Gasteiger partial charge in [0.05, 0.1) is 29.5 Å². The third-order valence-corrected chi connectivity index (χ3v) is 2.85. The van der Waals surface area contributed by atoms with Crippen LogP contribution in [0.2, 0.25) is 0 Å². The van der Waals surface area contributed by atoms with Crippen molar-refractivity contribution in [2.24, 2.45) is 0 Å². The number of nitrogens with zero attached hydrogens (tertiary/aromatic N) is 3. The van der Waals surface area contributed by atoms with Crippen molar-refractivity contribution < 1.29 is 4.39 Å². The van der Waals surface area contributed by atoms with E-state index in [0.29, 0.717) is 17.4 Å². The smallest absolute Gasteiger partial charge is 0.261 e. The fourth-order valence-corrected chi connectivity index (χ4v) is 1.91. The minimum Gasteiger partial charge on any atom is -0.293 e. The molecule has 0 aliphatic heterocycles. The highest BCUT2D eigenvalue weighted by molar-refractivity contribution is 5.77. The standard InChI is InChI=1S/C14H10FN3O/c15-10-4-5-12-13(7-10)17-9-18(14(12)19)8-11-3-1-2-6-16-11/h1-7,9H,8H2. The van der Waals surface area contributed by atoms with Gasteiger partial charge in [-0.15, -0.1) is 0 Å². The molecule has 0 saturated heterocycles. The molecule has 3 rings (SSSR count). The molecule has 2 aromatic heterocycles. The molecule has 0 bridgehead atoms. The first-order valence-electron chi connectivity index (χ1n) is 5.79. The van der Waals surface area contributed by atoms with Crippen molar-refractivity contribution in [3.05, 3.63) is 70.8 Å². The van der Waals surface area contributed by atoms with Crippen LogP contribution in [-0.2, 0) is 6.54 Å². The number of aromatic nitrogens is 3. The monoisotopic (exact) mass is 255 g/mol. The van der Waals surface area contributed by atoms with Crippen molar-refractivity contribution in [2.45, 2.75) is 6.54 Å². The number of hydrogen-bond donors (Lipinski definition) is 0.